The third kappa shape index (κ3) is 4.25. The number of carbonyl (C=O) groups excluding carboxylic acids is 1. The van der Waals surface area contributed by atoms with E-state index in [1.165, 1.54) is 4.57 Å². The first-order valence-corrected chi connectivity index (χ1v) is 8.51. The quantitative estimate of drug-likeness (QED) is 0.511. The fourth-order valence-corrected chi connectivity index (χ4v) is 2.77. The molecule has 0 amide bonds. The number of aromatic nitrogens is 2. The number of hydrogen-bond acceptors (Lipinski definition) is 4. The van der Waals surface area contributed by atoms with Crippen LogP contribution in [0.25, 0.3) is 10.9 Å². The lowest BCUT2D eigenvalue weighted by molar-refractivity contribution is -0.157. The number of esters is 1. The lowest BCUT2D eigenvalue weighted by Gasteiger charge is -2.18. The molecule has 5 nitrogen and oxygen atoms in total. The van der Waals surface area contributed by atoms with Crippen LogP contribution >= 0.6 is 32.9 Å². The van der Waals surface area contributed by atoms with E-state index in [0.717, 1.165) is 11.1 Å². The van der Waals surface area contributed by atoms with Crippen LogP contribution in [0.5, 0.6) is 0 Å². The maximum absolute atomic E-state index is 12.7. The van der Waals surface area contributed by atoms with Crippen molar-refractivity contribution >= 4 is 49.8 Å². The molecule has 0 N–H and O–H groups in total. The van der Waals surface area contributed by atoms with E-state index in [4.69, 9.17) is 4.74 Å². The van der Waals surface area contributed by atoms with Crippen LogP contribution < -0.4 is 5.56 Å². The SMILES string of the molecule is Br.Cc1cc2nc(C)n(COC(=O)C(C)(C)C)c(=O)c2cc1CBr. The van der Waals surface area contributed by atoms with Crippen LogP contribution in [0.2, 0.25) is 0 Å². The van der Waals surface area contributed by atoms with Crippen molar-refractivity contribution < 1.29 is 9.53 Å². The predicted molar refractivity (Wildman–Crippen MR) is 104 cm³/mol. The Morgan fingerprint density at radius 3 is 2.46 bits per heavy atom. The number of nitrogens with zero attached hydrogens (tertiary/aromatic N) is 2. The zero-order valence-electron chi connectivity index (χ0n) is 14.5. The van der Waals surface area contributed by atoms with Gasteiger partial charge in [-0.1, -0.05) is 15.9 Å². The molecule has 24 heavy (non-hydrogen) atoms. The summed E-state index contributed by atoms with van der Waals surface area (Å²) in [6.45, 7) is 8.92. The van der Waals surface area contributed by atoms with Gasteiger partial charge in [-0.3, -0.25) is 14.2 Å². The Bertz CT molecular complexity index is 823. The number of alkyl halides is 1. The number of hydrogen-bond donors (Lipinski definition) is 0. The molecule has 0 aliphatic rings. The molecule has 0 radical (unpaired) electrons. The van der Waals surface area contributed by atoms with Crippen LogP contribution in [0.1, 0.15) is 37.7 Å². The summed E-state index contributed by atoms with van der Waals surface area (Å²) in [6.07, 6.45) is 0. The maximum Gasteiger partial charge on any atom is 0.312 e. The molecule has 0 aliphatic heterocycles. The minimum Gasteiger partial charge on any atom is -0.443 e. The van der Waals surface area contributed by atoms with Crippen molar-refractivity contribution in [3.8, 4) is 0 Å². The van der Waals surface area contributed by atoms with Gasteiger partial charge in [-0.25, -0.2) is 4.98 Å². The van der Waals surface area contributed by atoms with Crippen molar-refractivity contribution in [2.45, 2.75) is 46.7 Å². The van der Waals surface area contributed by atoms with Crippen molar-refractivity contribution in [1.29, 1.82) is 0 Å². The van der Waals surface area contributed by atoms with Gasteiger partial charge in [0, 0.05) is 5.33 Å². The summed E-state index contributed by atoms with van der Waals surface area (Å²) in [5, 5.41) is 1.20. The third-order valence-electron chi connectivity index (χ3n) is 3.68. The Balaban J connectivity index is 0.00000288. The lowest BCUT2D eigenvalue weighted by atomic mass is 9.98. The van der Waals surface area contributed by atoms with Gasteiger partial charge in [0.2, 0.25) is 0 Å². The lowest BCUT2D eigenvalue weighted by Crippen LogP contribution is -2.30. The van der Waals surface area contributed by atoms with E-state index in [-0.39, 0.29) is 35.2 Å². The van der Waals surface area contributed by atoms with Crippen LogP contribution in [0.15, 0.2) is 16.9 Å². The molecule has 0 spiro atoms. The summed E-state index contributed by atoms with van der Waals surface area (Å²) >= 11 is 3.42. The van der Waals surface area contributed by atoms with E-state index >= 15 is 0 Å². The summed E-state index contributed by atoms with van der Waals surface area (Å²) in [7, 11) is 0. The van der Waals surface area contributed by atoms with E-state index in [1.54, 1.807) is 27.7 Å². The second-order valence-corrected chi connectivity index (χ2v) is 7.19. The van der Waals surface area contributed by atoms with E-state index in [0.29, 0.717) is 22.1 Å². The first-order valence-electron chi connectivity index (χ1n) is 7.39. The van der Waals surface area contributed by atoms with Crippen molar-refractivity contribution in [3.63, 3.8) is 0 Å². The Hall–Kier alpha value is -1.21. The van der Waals surface area contributed by atoms with Crippen molar-refractivity contribution in [3.05, 3.63) is 39.4 Å². The van der Waals surface area contributed by atoms with Gasteiger partial charge in [-0.2, -0.15) is 0 Å². The monoisotopic (exact) mass is 460 g/mol. The number of halogens is 2. The molecule has 0 saturated heterocycles. The number of ether oxygens (including phenoxy) is 1. The Kier molecular flexibility index (Phi) is 6.75. The Morgan fingerprint density at radius 1 is 1.29 bits per heavy atom. The highest BCUT2D eigenvalue weighted by Gasteiger charge is 2.23. The predicted octanol–water partition coefficient (Wildman–Crippen LogP) is 4.03. The molecule has 0 saturated carbocycles. The molecule has 0 fully saturated rings. The standard InChI is InChI=1S/C17H21BrN2O3.BrH/c1-10-6-14-13(7-12(10)8-18)15(21)20(11(2)19-14)9-23-16(22)17(3,4)5;/h6-7H,8-9H2,1-5H3;1H. The van der Waals surface area contributed by atoms with Gasteiger partial charge < -0.3 is 4.74 Å². The topological polar surface area (TPSA) is 61.2 Å². The molecular formula is C17H22Br2N2O3. The van der Waals surface area contributed by atoms with E-state index in [1.807, 2.05) is 19.1 Å². The molecule has 0 aliphatic carbocycles. The molecule has 0 atom stereocenters. The molecule has 1 heterocycles. The number of rotatable bonds is 3. The molecule has 0 bridgehead atoms. The summed E-state index contributed by atoms with van der Waals surface area (Å²) in [4.78, 5) is 29.1. The summed E-state index contributed by atoms with van der Waals surface area (Å²) in [5.41, 5.74) is 1.97. The molecule has 0 unspecified atom stereocenters. The van der Waals surface area contributed by atoms with Crippen molar-refractivity contribution in [2.24, 2.45) is 5.41 Å². The minimum atomic E-state index is -0.609. The van der Waals surface area contributed by atoms with Crippen molar-refractivity contribution in [2.75, 3.05) is 0 Å². The number of benzene rings is 1. The number of fused-ring (bicyclic) bond motifs is 1. The fraction of sp³-hybridized carbons (Fsp3) is 0.471. The van der Waals surface area contributed by atoms with E-state index in [9.17, 15) is 9.59 Å². The molecule has 2 aromatic rings. The Labute approximate surface area is 160 Å². The second kappa shape index (κ2) is 7.78. The van der Waals surface area contributed by atoms with Gasteiger partial charge in [0.15, 0.2) is 6.73 Å². The van der Waals surface area contributed by atoms with Gasteiger partial charge in [-0.15, -0.1) is 17.0 Å². The van der Waals surface area contributed by atoms with Crippen LogP contribution in [0.3, 0.4) is 0 Å². The van der Waals surface area contributed by atoms with Gasteiger partial charge in [0.05, 0.1) is 16.3 Å². The zero-order chi connectivity index (χ0) is 17.4. The van der Waals surface area contributed by atoms with Crippen LogP contribution in [-0.4, -0.2) is 15.5 Å². The minimum absolute atomic E-state index is 0. The highest BCUT2D eigenvalue weighted by atomic mass is 79.9. The summed E-state index contributed by atoms with van der Waals surface area (Å²) in [6, 6.07) is 3.75. The van der Waals surface area contributed by atoms with Gasteiger partial charge in [0.25, 0.3) is 5.56 Å². The average molecular weight is 462 g/mol. The highest BCUT2D eigenvalue weighted by molar-refractivity contribution is 9.08. The fourth-order valence-electron chi connectivity index (χ4n) is 2.16. The van der Waals surface area contributed by atoms with Crippen LogP contribution in [0.4, 0.5) is 0 Å². The molecule has 2 rings (SSSR count). The van der Waals surface area contributed by atoms with E-state index < -0.39 is 5.41 Å². The third-order valence-corrected chi connectivity index (χ3v) is 4.29. The molecule has 7 heteroatoms. The smallest absolute Gasteiger partial charge is 0.312 e. The average Bonchev–Trinajstić information content (AvgIpc) is 2.45. The first kappa shape index (κ1) is 20.8. The molecule has 1 aromatic heterocycles. The van der Waals surface area contributed by atoms with Crippen molar-refractivity contribution in [1.82, 2.24) is 9.55 Å². The Morgan fingerprint density at radius 2 is 1.92 bits per heavy atom. The summed E-state index contributed by atoms with van der Waals surface area (Å²) < 4.78 is 6.65. The zero-order valence-corrected chi connectivity index (χ0v) is 17.8. The maximum atomic E-state index is 12.7. The number of carbonyl (C=O) groups is 1. The largest absolute Gasteiger partial charge is 0.443 e. The van der Waals surface area contributed by atoms with E-state index in [2.05, 4.69) is 20.9 Å². The molecular weight excluding hydrogens is 440 g/mol. The highest BCUT2D eigenvalue weighted by Crippen LogP contribution is 2.19. The first-order chi connectivity index (χ1) is 10.6. The molecule has 1 aromatic carbocycles. The second-order valence-electron chi connectivity index (χ2n) is 6.63. The van der Waals surface area contributed by atoms with Gasteiger partial charge >= 0.3 is 5.97 Å². The van der Waals surface area contributed by atoms with Crippen LogP contribution in [0, 0.1) is 19.3 Å². The van der Waals surface area contributed by atoms with Gasteiger partial charge in [-0.05, 0) is 57.9 Å². The van der Waals surface area contributed by atoms with Gasteiger partial charge in [0.1, 0.15) is 5.82 Å². The van der Waals surface area contributed by atoms with Crippen LogP contribution in [-0.2, 0) is 21.6 Å². The summed E-state index contributed by atoms with van der Waals surface area (Å²) in [5.74, 6) is 0.171. The molecule has 132 valence electrons. The normalized spacial score (nSPS) is 11.2. The number of aryl methyl sites for hydroxylation is 2.